The van der Waals surface area contributed by atoms with Gasteiger partial charge in [-0.1, -0.05) is 20.8 Å². The Morgan fingerprint density at radius 2 is 1.85 bits per heavy atom. The molecule has 0 atom stereocenters. The number of pyridine rings is 1. The number of methoxy groups -OCH3 is 1. The molecule has 1 amide bonds. The van der Waals surface area contributed by atoms with Crippen LogP contribution in [0.3, 0.4) is 0 Å². The molecule has 7 heteroatoms. The molecule has 0 bridgehead atoms. The van der Waals surface area contributed by atoms with Crippen molar-refractivity contribution in [2.24, 2.45) is 0 Å². The Hall–Kier alpha value is -3.22. The first-order chi connectivity index (χ1) is 12.8. The van der Waals surface area contributed by atoms with E-state index in [2.05, 4.69) is 15.4 Å². The predicted molar refractivity (Wildman–Crippen MR) is 101 cm³/mol. The SMILES string of the molecule is COc1ccc(C(=O)Nc2cc(C(C)(C)C)nn2-c2ccc(F)cc2)cn1. The molecule has 0 spiro atoms. The molecule has 3 aromatic rings. The van der Waals surface area contributed by atoms with Crippen LogP contribution in [0.5, 0.6) is 5.88 Å². The highest BCUT2D eigenvalue weighted by Gasteiger charge is 2.22. The fourth-order valence-corrected chi connectivity index (χ4v) is 2.44. The number of ether oxygens (including phenoxy) is 1. The molecule has 27 heavy (non-hydrogen) atoms. The van der Waals surface area contributed by atoms with Crippen molar-refractivity contribution in [2.75, 3.05) is 12.4 Å². The third-order valence-electron chi connectivity index (χ3n) is 4.00. The molecule has 0 unspecified atom stereocenters. The Morgan fingerprint density at radius 3 is 2.41 bits per heavy atom. The van der Waals surface area contributed by atoms with Crippen LogP contribution in [0.15, 0.2) is 48.7 Å². The first-order valence-corrected chi connectivity index (χ1v) is 8.46. The van der Waals surface area contributed by atoms with Gasteiger partial charge in [-0.2, -0.15) is 5.10 Å². The summed E-state index contributed by atoms with van der Waals surface area (Å²) >= 11 is 0. The van der Waals surface area contributed by atoms with Gasteiger partial charge in [-0.05, 0) is 30.3 Å². The van der Waals surface area contributed by atoms with Crippen LogP contribution in [-0.2, 0) is 5.41 Å². The van der Waals surface area contributed by atoms with Crippen molar-refractivity contribution in [3.05, 3.63) is 65.7 Å². The van der Waals surface area contributed by atoms with E-state index in [0.717, 1.165) is 5.69 Å². The lowest BCUT2D eigenvalue weighted by molar-refractivity contribution is 0.102. The van der Waals surface area contributed by atoms with Gasteiger partial charge in [-0.25, -0.2) is 14.1 Å². The number of nitrogens with zero attached hydrogens (tertiary/aromatic N) is 3. The van der Waals surface area contributed by atoms with Crippen LogP contribution < -0.4 is 10.1 Å². The standard InChI is InChI=1S/C20H21FN4O2/c1-20(2,3)16-11-17(25(24-16)15-8-6-14(21)7-9-15)23-19(26)13-5-10-18(27-4)22-12-13/h5-12H,1-4H3,(H,23,26). The highest BCUT2D eigenvalue weighted by Crippen LogP contribution is 2.26. The molecular formula is C20H21FN4O2. The number of rotatable bonds is 4. The minimum absolute atomic E-state index is 0.216. The van der Waals surface area contributed by atoms with E-state index in [0.29, 0.717) is 22.9 Å². The second kappa shape index (κ2) is 7.19. The molecule has 2 aromatic heterocycles. The van der Waals surface area contributed by atoms with Crippen LogP contribution in [0.2, 0.25) is 0 Å². The molecule has 0 aliphatic heterocycles. The molecule has 0 saturated carbocycles. The van der Waals surface area contributed by atoms with Gasteiger partial charge in [0, 0.05) is 23.7 Å². The molecule has 2 heterocycles. The van der Waals surface area contributed by atoms with Crippen LogP contribution >= 0.6 is 0 Å². The monoisotopic (exact) mass is 368 g/mol. The molecular weight excluding hydrogens is 347 g/mol. The Balaban J connectivity index is 1.96. The summed E-state index contributed by atoms with van der Waals surface area (Å²) in [6.45, 7) is 6.09. The number of hydrogen-bond donors (Lipinski definition) is 1. The Labute approximate surface area is 157 Å². The second-order valence-corrected chi connectivity index (χ2v) is 7.10. The smallest absolute Gasteiger partial charge is 0.258 e. The molecule has 3 rings (SSSR count). The summed E-state index contributed by atoms with van der Waals surface area (Å²) in [7, 11) is 1.51. The summed E-state index contributed by atoms with van der Waals surface area (Å²) < 4.78 is 19.9. The third kappa shape index (κ3) is 4.13. The van der Waals surface area contributed by atoms with Gasteiger partial charge in [0.15, 0.2) is 0 Å². The molecule has 0 aliphatic carbocycles. The maximum Gasteiger partial charge on any atom is 0.258 e. The van der Waals surface area contributed by atoms with Crippen LogP contribution in [0.25, 0.3) is 5.69 Å². The summed E-state index contributed by atoms with van der Waals surface area (Å²) in [5.74, 6) is 0.260. The van der Waals surface area contributed by atoms with Gasteiger partial charge in [-0.15, -0.1) is 0 Å². The van der Waals surface area contributed by atoms with Crippen molar-refractivity contribution >= 4 is 11.7 Å². The molecule has 1 aromatic carbocycles. The van der Waals surface area contributed by atoms with Gasteiger partial charge < -0.3 is 10.1 Å². The molecule has 0 saturated heterocycles. The zero-order valence-corrected chi connectivity index (χ0v) is 15.7. The summed E-state index contributed by atoms with van der Waals surface area (Å²) in [6, 6.07) is 11.0. The third-order valence-corrected chi connectivity index (χ3v) is 4.00. The molecule has 6 nitrogen and oxygen atoms in total. The van der Waals surface area contributed by atoms with Crippen LogP contribution in [0.1, 0.15) is 36.8 Å². The number of amides is 1. The predicted octanol–water partition coefficient (Wildman–Crippen LogP) is 3.96. The van der Waals surface area contributed by atoms with E-state index < -0.39 is 0 Å². The topological polar surface area (TPSA) is 69.0 Å². The van der Waals surface area contributed by atoms with Crippen LogP contribution in [0.4, 0.5) is 10.2 Å². The summed E-state index contributed by atoms with van der Waals surface area (Å²) in [5.41, 5.74) is 1.62. The van der Waals surface area contributed by atoms with Crippen molar-refractivity contribution in [2.45, 2.75) is 26.2 Å². The lowest BCUT2D eigenvalue weighted by atomic mass is 9.92. The second-order valence-electron chi connectivity index (χ2n) is 7.10. The maximum atomic E-state index is 13.3. The van der Waals surface area contributed by atoms with E-state index >= 15 is 0 Å². The van der Waals surface area contributed by atoms with Gasteiger partial charge in [0.2, 0.25) is 5.88 Å². The van der Waals surface area contributed by atoms with E-state index in [1.807, 2.05) is 26.8 Å². The maximum absolute atomic E-state index is 13.3. The fraction of sp³-hybridized carbons (Fsp3) is 0.250. The van der Waals surface area contributed by atoms with E-state index in [4.69, 9.17) is 4.74 Å². The molecule has 0 aliphatic rings. The Morgan fingerprint density at radius 1 is 1.15 bits per heavy atom. The first kappa shape index (κ1) is 18.6. The van der Waals surface area contributed by atoms with E-state index in [-0.39, 0.29) is 17.1 Å². The number of halogens is 1. The van der Waals surface area contributed by atoms with Gasteiger partial charge in [0.05, 0.1) is 24.1 Å². The van der Waals surface area contributed by atoms with E-state index in [1.165, 1.54) is 25.4 Å². The summed E-state index contributed by atoms with van der Waals surface area (Å²) in [6.07, 6.45) is 1.44. The lowest BCUT2D eigenvalue weighted by Crippen LogP contribution is -2.15. The fourth-order valence-electron chi connectivity index (χ4n) is 2.44. The average molecular weight is 368 g/mol. The van der Waals surface area contributed by atoms with Crippen molar-refractivity contribution < 1.29 is 13.9 Å². The number of benzene rings is 1. The lowest BCUT2D eigenvalue weighted by Gasteiger charge is -2.14. The van der Waals surface area contributed by atoms with Crippen LogP contribution in [0, 0.1) is 5.82 Å². The number of anilines is 1. The molecule has 1 N–H and O–H groups in total. The van der Waals surface area contributed by atoms with E-state index in [9.17, 15) is 9.18 Å². The summed E-state index contributed by atoms with van der Waals surface area (Å²) in [5, 5.41) is 7.46. The number of hydrogen-bond acceptors (Lipinski definition) is 4. The van der Waals surface area contributed by atoms with Gasteiger partial charge in [-0.3, -0.25) is 4.79 Å². The highest BCUT2D eigenvalue weighted by molar-refractivity contribution is 6.03. The highest BCUT2D eigenvalue weighted by atomic mass is 19.1. The normalized spacial score (nSPS) is 11.3. The quantitative estimate of drug-likeness (QED) is 0.757. The van der Waals surface area contributed by atoms with Crippen molar-refractivity contribution in [1.29, 1.82) is 0 Å². The van der Waals surface area contributed by atoms with Crippen molar-refractivity contribution in [1.82, 2.24) is 14.8 Å². The first-order valence-electron chi connectivity index (χ1n) is 8.46. The largest absolute Gasteiger partial charge is 0.481 e. The Bertz CT molecular complexity index is 942. The number of aromatic nitrogens is 3. The minimum atomic E-state index is -0.336. The number of carbonyl (C=O) groups is 1. The molecule has 0 fully saturated rings. The van der Waals surface area contributed by atoms with Gasteiger partial charge >= 0.3 is 0 Å². The molecule has 140 valence electrons. The Kier molecular flexibility index (Phi) is 4.94. The van der Waals surface area contributed by atoms with Gasteiger partial charge in [0.25, 0.3) is 5.91 Å². The average Bonchev–Trinajstić information content (AvgIpc) is 3.06. The minimum Gasteiger partial charge on any atom is -0.481 e. The molecule has 0 radical (unpaired) electrons. The number of carbonyl (C=O) groups excluding carboxylic acids is 1. The van der Waals surface area contributed by atoms with Crippen molar-refractivity contribution in [3.8, 4) is 11.6 Å². The zero-order chi connectivity index (χ0) is 19.6. The van der Waals surface area contributed by atoms with Crippen molar-refractivity contribution in [3.63, 3.8) is 0 Å². The van der Waals surface area contributed by atoms with Gasteiger partial charge in [0.1, 0.15) is 11.6 Å². The van der Waals surface area contributed by atoms with E-state index in [1.54, 1.807) is 28.9 Å². The number of nitrogens with one attached hydrogen (secondary N) is 1. The van der Waals surface area contributed by atoms with Crippen LogP contribution in [-0.4, -0.2) is 27.8 Å². The zero-order valence-electron chi connectivity index (χ0n) is 15.7. The summed E-state index contributed by atoms with van der Waals surface area (Å²) in [4.78, 5) is 16.7.